The molecular weight excluding hydrogens is 368 g/mol. The van der Waals surface area contributed by atoms with Crippen molar-refractivity contribution in [3.63, 3.8) is 0 Å². The first-order valence-corrected chi connectivity index (χ1v) is 9.90. The van der Waals surface area contributed by atoms with Crippen molar-refractivity contribution in [2.45, 2.75) is 20.4 Å². The van der Waals surface area contributed by atoms with E-state index in [0.29, 0.717) is 25.2 Å². The second kappa shape index (κ2) is 9.52. The Bertz CT molecular complexity index is 828. The van der Waals surface area contributed by atoms with Gasteiger partial charge in [-0.2, -0.15) is 0 Å². The third kappa shape index (κ3) is 5.12. The number of amides is 2. The van der Waals surface area contributed by atoms with Gasteiger partial charge in [-0.15, -0.1) is 0 Å². The molecule has 1 aromatic heterocycles. The van der Waals surface area contributed by atoms with E-state index in [9.17, 15) is 9.59 Å². The molecule has 1 saturated heterocycles. The number of piperazine rings is 1. The Morgan fingerprint density at radius 2 is 1.76 bits per heavy atom. The summed E-state index contributed by atoms with van der Waals surface area (Å²) in [4.78, 5) is 35.2. The SMILES string of the molecule is CCN1CCN(C(=O)N(Cc2ccc(C(C)=O)cn2)c2ccc(OC)cc2)CC1. The van der Waals surface area contributed by atoms with Gasteiger partial charge in [-0.05, 0) is 49.9 Å². The number of likely N-dealkylation sites (N-methyl/N-ethyl adjacent to an activating group) is 1. The number of ether oxygens (including phenoxy) is 1. The lowest BCUT2D eigenvalue weighted by molar-refractivity contribution is 0.101. The van der Waals surface area contributed by atoms with E-state index < -0.39 is 0 Å². The van der Waals surface area contributed by atoms with Gasteiger partial charge in [0, 0.05) is 43.6 Å². The first-order chi connectivity index (χ1) is 14.0. The molecular formula is C22H28N4O3. The van der Waals surface area contributed by atoms with Gasteiger partial charge in [0.15, 0.2) is 5.78 Å². The molecule has 29 heavy (non-hydrogen) atoms. The molecule has 7 heteroatoms. The monoisotopic (exact) mass is 396 g/mol. The van der Waals surface area contributed by atoms with Gasteiger partial charge in [0.25, 0.3) is 0 Å². The van der Waals surface area contributed by atoms with Gasteiger partial charge in [-0.3, -0.25) is 14.7 Å². The third-order valence-corrected chi connectivity index (χ3v) is 5.26. The summed E-state index contributed by atoms with van der Waals surface area (Å²) in [5.74, 6) is 0.711. The molecule has 2 amide bonds. The van der Waals surface area contributed by atoms with Crippen molar-refractivity contribution in [2.24, 2.45) is 0 Å². The van der Waals surface area contributed by atoms with Crippen LogP contribution in [0, 0.1) is 0 Å². The van der Waals surface area contributed by atoms with Crippen molar-refractivity contribution < 1.29 is 14.3 Å². The van der Waals surface area contributed by atoms with Crippen LogP contribution < -0.4 is 9.64 Å². The molecule has 7 nitrogen and oxygen atoms in total. The summed E-state index contributed by atoms with van der Waals surface area (Å²) in [6.45, 7) is 8.14. The Labute approximate surface area is 171 Å². The van der Waals surface area contributed by atoms with Gasteiger partial charge >= 0.3 is 6.03 Å². The first kappa shape index (κ1) is 20.8. The van der Waals surface area contributed by atoms with Gasteiger partial charge in [-0.25, -0.2) is 4.79 Å². The Morgan fingerprint density at radius 3 is 2.28 bits per heavy atom. The summed E-state index contributed by atoms with van der Waals surface area (Å²) >= 11 is 0. The van der Waals surface area contributed by atoms with Crippen molar-refractivity contribution in [1.29, 1.82) is 0 Å². The quantitative estimate of drug-likeness (QED) is 0.702. The Morgan fingerprint density at radius 1 is 1.07 bits per heavy atom. The molecule has 3 rings (SSSR count). The number of nitrogens with zero attached hydrogens (tertiary/aromatic N) is 4. The summed E-state index contributed by atoms with van der Waals surface area (Å²) in [6.07, 6.45) is 1.56. The number of carbonyl (C=O) groups excluding carboxylic acids is 2. The number of urea groups is 1. The smallest absolute Gasteiger partial charge is 0.324 e. The second-order valence-electron chi connectivity index (χ2n) is 7.08. The van der Waals surface area contributed by atoms with E-state index >= 15 is 0 Å². The fourth-order valence-electron chi connectivity index (χ4n) is 3.35. The standard InChI is InChI=1S/C22H28N4O3/c1-4-24-11-13-25(14-12-24)22(28)26(20-7-9-21(29-3)10-8-20)16-19-6-5-18(15-23-19)17(2)27/h5-10,15H,4,11-14,16H2,1-3H3. The zero-order valence-electron chi connectivity index (χ0n) is 17.3. The van der Waals surface area contributed by atoms with Gasteiger partial charge in [-0.1, -0.05) is 6.92 Å². The van der Waals surface area contributed by atoms with E-state index in [2.05, 4.69) is 16.8 Å². The van der Waals surface area contributed by atoms with E-state index in [0.717, 1.165) is 36.8 Å². The number of pyridine rings is 1. The number of benzene rings is 1. The van der Waals surface area contributed by atoms with E-state index in [-0.39, 0.29) is 11.8 Å². The predicted octanol–water partition coefficient (Wildman–Crippen LogP) is 3.06. The summed E-state index contributed by atoms with van der Waals surface area (Å²) in [5.41, 5.74) is 2.07. The number of ketones is 1. The van der Waals surface area contributed by atoms with E-state index in [1.165, 1.54) is 6.92 Å². The minimum absolute atomic E-state index is 0.0269. The maximum Gasteiger partial charge on any atom is 0.324 e. The van der Waals surface area contributed by atoms with Crippen LogP contribution in [0.4, 0.5) is 10.5 Å². The van der Waals surface area contributed by atoms with Crippen LogP contribution >= 0.6 is 0 Å². The minimum Gasteiger partial charge on any atom is -0.497 e. The minimum atomic E-state index is -0.0386. The number of anilines is 1. The lowest BCUT2D eigenvalue weighted by Crippen LogP contribution is -2.52. The molecule has 154 valence electrons. The zero-order valence-corrected chi connectivity index (χ0v) is 17.3. The fourth-order valence-corrected chi connectivity index (χ4v) is 3.35. The van der Waals surface area contributed by atoms with E-state index in [1.54, 1.807) is 30.3 Å². The zero-order chi connectivity index (χ0) is 20.8. The van der Waals surface area contributed by atoms with Gasteiger partial charge in [0.2, 0.25) is 0 Å². The Hall–Kier alpha value is -2.93. The van der Waals surface area contributed by atoms with Crippen molar-refractivity contribution >= 4 is 17.5 Å². The van der Waals surface area contributed by atoms with Crippen LogP contribution in [0.5, 0.6) is 5.75 Å². The number of hydrogen-bond donors (Lipinski definition) is 0. The summed E-state index contributed by atoms with van der Waals surface area (Å²) in [5, 5.41) is 0. The first-order valence-electron chi connectivity index (χ1n) is 9.90. The molecule has 0 N–H and O–H groups in total. The van der Waals surface area contributed by atoms with Crippen molar-refractivity contribution in [3.05, 3.63) is 53.9 Å². The maximum absolute atomic E-state index is 13.3. The molecule has 1 fully saturated rings. The van der Waals surface area contributed by atoms with Crippen molar-refractivity contribution in [2.75, 3.05) is 44.7 Å². The number of methoxy groups -OCH3 is 1. The lowest BCUT2D eigenvalue weighted by atomic mass is 10.2. The predicted molar refractivity (Wildman–Crippen MR) is 113 cm³/mol. The average Bonchev–Trinajstić information content (AvgIpc) is 2.77. The molecule has 1 aliphatic heterocycles. The van der Waals surface area contributed by atoms with Crippen LogP contribution in [0.2, 0.25) is 0 Å². The van der Waals surface area contributed by atoms with Crippen LogP contribution in [-0.4, -0.2) is 66.4 Å². The number of aromatic nitrogens is 1. The highest BCUT2D eigenvalue weighted by atomic mass is 16.5. The molecule has 0 radical (unpaired) electrons. The number of carbonyl (C=O) groups is 2. The molecule has 0 spiro atoms. The van der Waals surface area contributed by atoms with Crippen LogP contribution in [0.1, 0.15) is 29.9 Å². The van der Waals surface area contributed by atoms with Crippen LogP contribution in [0.15, 0.2) is 42.6 Å². The molecule has 1 aliphatic rings. The Balaban J connectivity index is 1.82. The van der Waals surface area contributed by atoms with Crippen molar-refractivity contribution in [3.8, 4) is 5.75 Å². The Kier molecular flexibility index (Phi) is 6.82. The molecule has 0 saturated carbocycles. The molecule has 0 unspecified atom stereocenters. The molecule has 0 aliphatic carbocycles. The fraction of sp³-hybridized carbons (Fsp3) is 0.409. The number of rotatable bonds is 6. The highest BCUT2D eigenvalue weighted by Gasteiger charge is 2.26. The lowest BCUT2D eigenvalue weighted by Gasteiger charge is -2.37. The molecule has 2 heterocycles. The second-order valence-corrected chi connectivity index (χ2v) is 7.08. The highest BCUT2D eigenvalue weighted by Crippen LogP contribution is 2.23. The third-order valence-electron chi connectivity index (χ3n) is 5.26. The van der Waals surface area contributed by atoms with Crippen molar-refractivity contribution in [1.82, 2.24) is 14.8 Å². The maximum atomic E-state index is 13.3. The number of Topliss-reactive ketones (excluding diaryl/α,β-unsaturated/α-hetero) is 1. The molecule has 2 aromatic rings. The highest BCUT2D eigenvalue weighted by molar-refractivity contribution is 5.94. The summed E-state index contributed by atoms with van der Waals surface area (Å²) in [6, 6.07) is 11.0. The van der Waals surface area contributed by atoms with Gasteiger partial charge in [0.05, 0.1) is 19.3 Å². The molecule has 1 aromatic carbocycles. The summed E-state index contributed by atoms with van der Waals surface area (Å²) < 4.78 is 5.24. The molecule has 0 atom stereocenters. The number of hydrogen-bond acceptors (Lipinski definition) is 5. The summed E-state index contributed by atoms with van der Waals surface area (Å²) in [7, 11) is 1.62. The van der Waals surface area contributed by atoms with Crippen LogP contribution in [-0.2, 0) is 6.54 Å². The molecule has 0 bridgehead atoms. The van der Waals surface area contributed by atoms with E-state index in [1.807, 2.05) is 29.2 Å². The topological polar surface area (TPSA) is 66.0 Å². The normalized spacial score (nSPS) is 14.5. The van der Waals surface area contributed by atoms with Gasteiger partial charge < -0.3 is 14.5 Å². The largest absolute Gasteiger partial charge is 0.497 e. The van der Waals surface area contributed by atoms with Crippen LogP contribution in [0.3, 0.4) is 0 Å². The van der Waals surface area contributed by atoms with Crippen LogP contribution in [0.25, 0.3) is 0 Å². The van der Waals surface area contributed by atoms with E-state index in [4.69, 9.17) is 4.74 Å². The van der Waals surface area contributed by atoms with Gasteiger partial charge in [0.1, 0.15) is 5.75 Å². The average molecular weight is 396 g/mol.